The van der Waals surface area contributed by atoms with E-state index in [2.05, 4.69) is 0 Å². The Kier molecular flexibility index (Phi) is 429. The maximum atomic E-state index is 0. The van der Waals surface area contributed by atoms with Crippen molar-refractivity contribution in [3.63, 3.8) is 0 Å². The van der Waals surface area contributed by atoms with E-state index in [9.17, 15) is 0 Å². The van der Waals surface area contributed by atoms with Crippen LogP contribution in [-0.4, -0.2) is 0 Å². The third-order valence-electron chi connectivity index (χ3n) is 0. The SMILES string of the molecule is Cl.[Pt].[Pt].[Pt].[Pt].[Pt].[Pt]. The summed E-state index contributed by atoms with van der Waals surface area (Å²) in [4.78, 5) is 0. The predicted molar refractivity (Wildman–Crippen MR) is 7.25 cm³/mol. The number of rotatable bonds is 0. The fraction of sp³-hybridized carbons (Fsp3) is 0. The summed E-state index contributed by atoms with van der Waals surface area (Å²) in [5, 5.41) is 0. The standard InChI is InChI=1S/ClH.6Pt/h1H;;;;;;. The Morgan fingerprint density at radius 3 is 0.286 bits per heavy atom. The van der Waals surface area contributed by atoms with Gasteiger partial charge >= 0.3 is 0 Å². The van der Waals surface area contributed by atoms with Gasteiger partial charge in [0.1, 0.15) is 0 Å². The van der Waals surface area contributed by atoms with E-state index in [1.807, 2.05) is 0 Å². The molecule has 0 bridgehead atoms. The average Bonchev–Trinajstić information content (AvgIpc) is 0. The number of halogens is 1. The van der Waals surface area contributed by atoms with Crippen LogP contribution >= 0.6 is 12.4 Å². The normalized spacial score (nSPS) is 0. The van der Waals surface area contributed by atoms with E-state index in [1.165, 1.54) is 0 Å². The molecular formula is HClPt6. The van der Waals surface area contributed by atoms with Crippen LogP contribution in [-0.2, 0) is 126 Å². The molecule has 0 heterocycles. The van der Waals surface area contributed by atoms with Crippen molar-refractivity contribution in [2.75, 3.05) is 0 Å². The minimum Gasteiger partial charge on any atom is -0.147 e. The van der Waals surface area contributed by atoms with Gasteiger partial charge in [0.15, 0.2) is 0 Å². The molecule has 0 spiro atoms. The van der Waals surface area contributed by atoms with E-state index < -0.39 is 0 Å². The van der Waals surface area contributed by atoms with Crippen molar-refractivity contribution in [3.05, 3.63) is 0 Å². The number of hydrogen-bond donors (Lipinski definition) is 0. The summed E-state index contributed by atoms with van der Waals surface area (Å²) in [7, 11) is 0. The molecule has 0 rings (SSSR count). The molecule has 68 valence electrons. The zero-order chi connectivity index (χ0) is 0. The van der Waals surface area contributed by atoms with Crippen LogP contribution in [0.3, 0.4) is 0 Å². The third kappa shape index (κ3) is 37.8. The molecule has 0 saturated heterocycles. The topological polar surface area (TPSA) is 0 Å². The second-order valence-electron chi connectivity index (χ2n) is 0. The molecule has 0 nitrogen and oxygen atoms in total. The molecule has 0 aliphatic rings. The molecule has 7 heavy (non-hydrogen) atoms. The first-order valence-corrected chi connectivity index (χ1v) is 0. The van der Waals surface area contributed by atoms with Gasteiger partial charge in [0, 0.05) is 126 Å². The van der Waals surface area contributed by atoms with Gasteiger partial charge in [0.25, 0.3) is 0 Å². The van der Waals surface area contributed by atoms with Crippen LogP contribution in [0.5, 0.6) is 0 Å². The van der Waals surface area contributed by atoms with Gasteiger partial charge in [-0.25, -0.2) is 0 Å². The van der Waals surface area contributed by atoms with Crippen LogP contribution in [0.4, 0.5) is 0 Å². The van der Waals surface area contributed by atoms with Gasteiger partial charge in [0.2, 0.25) is 0 Å². The maximum Gasteiger partial charge on any atom is 0 e. The molecule has 0 unspecified atom stereocenters. The molecule has 0 N–H and O–H groups in total. The van der Waals surface area contributed by atoms with Crippen LogP contribution < -0.4 is 0 Å². The van der Waals surface area contributed by atoms with E-state index in [0.717, 1.165) is 0 Å². The van der Waals surface area contributed by atoms with Crippen molar-refractivity contribution in [3.8, 4) is 0 Å². The summed E-state index contributed by atoms with van der Waals surface area (Å²) in [5.74, 6) is 0. The van der Waals surface area contributed by atoms with Gasteiger partial charge in [-0.3, -0.25) is 0 Å². The monoisotopic (exact) mass is 1210 g/mol. The summed E-state index contributed by atoms with van der Waals surface area (Å²) >= 11 is 0. The first-order chi connectivity index (χ1) is 0. The quantitative estimate of drug-likeness (QED) is 0.331. The minimum absolute atomic E-state index is 0. The van der Waals surface area contributed by atoms with Gasteiger partial charge < -0.3 is 0 Å². The van der Waals surface area contributed by atoms with Crippen molar-refractivity contribution in [2.24, 2.45) is 0 Å². The van der Waals surface area contributed by atoms with Crippen LogP contribution in [0.25, 0.3) is 0 Å². The summed E-state index contributed by atoms with van der Waals surface area (Å²) in [6.45, 7) is 0. The minimum atomic E-state index is 0. The summed E-state index contributed by atoms with van der Waals surface area (Å²) in [6, 6.07) is 0. The van der Waals surface area contributed by atoms with Crippen molar-refractivity contribution in [1.29, 1.82) is 0 Å². The van der Waals surface area contributed by atoms with Crippen molar-refractivity contribution in [2.45, 2.75) is 0 Å². The van der Waals surface area contributed by atoms with Crippen molar-refractivity contribution >= 4 is 12.4 Å². The second-order valence-corrected chi connectivity index (χ2v) is 0. The molecule has 0 aliphatic heterocycles. The van der Waals surface area contributed by atoms with E-state index in [4.69, 9.17) is 0 Å². The average molecular weight is 1210 g/mol. The largest absolute Gasteiger partial charge is 0.147 e. The van der Waals surface area contributed by atoms with Crippen LogP contribution in [0.15, 0.2) is 0 Å². The number of hydrogen-bond acceptors (Lipinski definition) is 0. The fourth-order valence-corrected chi connectivity index (χ4v) is 0. The Hall–Kier alpha value is 4.42. The molecule has 0 aliphatic carbocycles. The predicted octanol–water partition coefficient (Wildman–Crippen LogP) is 0.407. The first kappa shape index (κ1) is 63.5. The molecule has 7 heteroatoms. The second kappa shape index (κ2) is 47.3. The molecule has 0 aromatic rings. The van der Waals surface area contributed by atoms with Gasteiger partial charge in [-0.2, -0.15) is 0 Å². The molecule has 0 atom stereocenters. The molecule has 0 radical (unpaired) electrons. The van der Waals surface area contributed by atoms with E-state index in [1.54, 1.807) is 0 Å². The Labute approximate surface area is 136 Å². The zero-order valence-electron chi connectivity index (χ0n) is 2.31. The molecule has 0 aromatic heterocycles. The van der Waals surface area contributed by atoms with Gasteiger partial charge in [0.05, 0.1) is 0 Å². The van der Waals surface area contributed by atoms with Crippen LogP contribution in [0, 0.1) is 0 Å². The Bertz CT molecular complexity index is 4.14. The van der Waals surface area contributed by atoms with Crippen molar-refractivity contribution < 1.29 is 126 Å². The van der Waals surface area contributed by atoms with Gasteiger partial charge in [-0.1, -0.05) is 0 Å². The Morgan fingerprint density at radius 2 is 0.286 bits per heavy atom. The van der Waals surface area contributed by atoms with Gasteiger partial charge in [-0.15, -0.1) is 12.4 Å². The Morgan fingerprint density at radius 1 is 0.286 bits per heavy atom. The maximum absolute atomic E-state index is 0. The fourth-order valence-electron chi connectivity index (χ4n) is 0. The first-order valence-electron chi connectivity index (χ1n) is 0. The van der Waals surface area contributed by atoms with E-state index in [-0.39, 0.29) is 139 Å². The molecular weight excluding hydrogens is 1210 g/mol. The zero-order valence-corrected chi connectivity index (χ0v) is 16.8. The molecule has 0 saturated carbocycles. The molecule has 0 fully saturated rings. The molecule has 0 aromatic carbocycles. The summed E-state index contributed by atoms with van der Waals surface area (Å²) < 4.78 is 0. The molecule has 0 amide bonds. The van der Waals surface area contributed by atoms with Crippen LogP contribution in [0.1, 0.15) is 0 Å². The van der Waals surface area contributed by atoms with E-state index >= 15 is 0 Å². The summed E-state index contributed by atoms with van der Waals surface area (Å²) in [6.07, 6.45) is 0. The Balaban J connectivity index is 0. The summed E-state index contributed by atoms with van der Waals surface area (Å²) in [5.41, 5.74) is 0. The van der Waals surface area contributed by atoms with Crippen molar-refractivity contribution in [1.82, 2.24) is 0 Å². The van der Waals surface area contributed by atoms with Gasteiger partial charge in [-0.05, 0) is 0 Å². The van der Waals surface area contributed by atoms with Crippen LogP contribution in [0.2, 0.25) is 0 Å². The smallest absolute Gasteiger partial charge is 0 e. The third-order valence-corrected chi connectivity index (χ3v) is 0. The van der Waals surface area contributed by atoms with E-state index in [0.29, 0.717) is 0 Å².